The molecule has 4 aromatic rings. The lowest BCUT2D eigenvalue weighted by Crippen LogP contribution is -2.47. The number of halogens is 2. The van der Waals surface area contributed by atoms with Gasteiger partial charge in [-0.15, -0.1) is 15.3 Å². The molecule has 29 heavy (non-hydrogen) atoms. The van der Waals surface area contributed by atoms with Gasteiger partial charge in [0.15, 0.2) is 11.5 Å². The molecule has 4 heterocycles. The molecule has 1 saturated heterocycles. The summed E-state index contributed by atoms with van der Waals surface area (Å²) in [5.74, 6) is 1.84. The van der Waals surface area contributed by atoms with Crippen LogP contribution < -0.4 is 9.80 Å². The van der Waals surface area contributed by atoms with Crippen LogP contribution in [0, 0.1) is 5.82 Å². The fourth-order valence-electron chi connectivity index (χ4n) is 3.48. The minimum atomic E-state index is -0.343. The molecular weight excluding hydrogens is 437 g/mol. The predicted molar refractivity (Wildman–Crippen MR) is 113 cm³/mol. The minimum absolute atomic E-state index is 0.343. The molecule has 146 valence electrons. The minimum Gasteiger partial charge on any atom is -0.353 e. The number of nitrogens with zero attached hydrogens (tertiary/aromatic N) is 7. The summed E-state index contributed by atoms with van der Waals surface area (Å²) in [5.41, 5.74) is 0.973. The third-order valence-electron chi connectivity index (χ3n) is 5.00. The van der Waals surface area contributed by atoms with E-state index in [-0.39, 0.29) is 5.82 Å². The van der Waals surface area contributed by atoms with Gasteiger partial charge in [0.1, 0.15) is 17.5 Å². The zero-order valence-electron chi connectivity index (χ0n) is 15.4. The maximum absolute atomic E-state index is 14.2. The van der Waals surface area contributed by atoms with Gasteiger partial charge in [-0.1, -0.05) is 12.1 Å². The number of fused-ring (bicyclic) bond motifs is 1. The van der Waals surface area contributed by atoms with Crippen molar-refractivity contribution in [1.82, 2.24) is 24.8 Å². The number of aromatic nitrogens is 5. The molecule has 0 N–H and O–H groups in total. The van der Waals surface area contributed by atoms with Crippen molar-refractivity contribution < 1.29 is 4.39 Å². The Morgan fingerprint density at radius 2 is 1.55 bits per heavy atom. The van der Waals surface area contributed by atoms with Gasteiger partial charge in [-0.3, -0.25) is 0 Å². The van der Waals surface area contributed by atoms with E-state index < -0.39 is 0 Å². The summed E-state index contributed by atoms with van der Waals surface area (Å²) in [6.45, 7) is 3.31. The first-order valence-electron chi connectivity index (χ1n) is 9.28. The van der Waals surface area contributed by atoms with E-state index in [4.69, 9.17) is 5.10 Å². The summed E-state index contributed by atoms with van der Waals surface area (Å²) in [6, 6.07) is 14.3. The summed E-state index contributed by atoms with van der Waals surface area (Å²) < 4.78 is 16.8. The second-order valence-electron chi connectivity index (χ2n) is 6.77. The van der Waals surface area contributed by atoms with Crippen LogP contribution in [-0.2, 0) is 0 Å². The number of rotatable bonds is 3. The second kappa shape index (κ2) is 7.40. The van der Waals surface area contributed by atoms with E-state index in [1.807, 2.05) is 30.5 Å². The van der Waals surface area contributed by atoms with E-state index in [1.165, 1.54) is 6.07 Å². The summed E-state index contributed by atoms with van der Waals surface area (Å²) in [5, 5.41) is 13.0. The Morgan fingerprint density at radius 1 is 0.828 bits per heavy atom. The van der Waals surface area contributed by atoms with Crippen LogP contribution in [0.3, 0.4) is 0 Å². The normalized spacial score (nSPS) is 14.6. The third-order valence-corrected chi connectivity index (χ3v) is 5.47. The van der Waals surface area contributed by atoms with Crippen LogP contribution in [0.4, 0.5) is 16.0 Å². The van der Waals surface area contributed by atoms with Gasteiger partial charge in [-0.25, -0.2) is 9.37 Å². The van der Waals surface area contributed by atoms with Crippen LogP contribution in [0.5, 0.6) is 0 Å². The van der Waals surface area contributed by atoms with Gasteiger partial charge in [-0.2, -0.15) is 4.52 Å². The number of hydrogen-bond acceptors (Lipinski definition) is 6. The number of benzene rings is 1. The summed E-state index contributed by atoms with van der Waals surface area (Å²) in [7, 11) is 0. The number of hydrogen-bond donors (Lipinski definition) is 0. The molecule has 0 unspecified atom stereocenters. The van der Waals surface area contributed by atoms with Gasteiger partial charge < -0.3 is 9.80 Å². The van der Waals surface area contributed by atoms with Crippen molar-refractivity contribution in [1.29, 1.82) is 0 Å². The topological polar surface area (TPSA) is 62.5 Å². The molecular formula is C20H17BrFN7. The highest BCUT2D eigenvalue weighted by Gasteiger charge is 2.21. The maximum Gasteiger partial charge on any atom is 0.188 e. The van der Waals surface area contributed by atoms with E-state index in [0.717, 1.165) is 42.3 Å². The lowest BCUT2D eigenvalue weighted by atomic mass is 10.2. The van der Waals surface area contributed by atoms with Gasteiger partial charge in [0.2, 0.25) is 0 Å². The molecule has 1 fully saturated rings. The average Bonchev–Trinajstić information content (AvgIpc) is 3.18. The monoisotopic (exact) mass is 453 g/mol. The zero-order valence-corrected chi connectivity index (χ0v) is 17.0. The van der Waals surface area contributed by atoms with Gasteiger partial charge in [0, 0.05) is 36.8 Å². The predicted octanol–water partition coefficient (Wildman–Crippen LogP) is 3.41. The van der Waals surface area contributed by atoms with E-state index in [2.05, 4.69) is 40.9 Å². The number of piperazine rings is 1. The molecule has 1 aliphatic heterocycles. The Balaban J connectivity index is 1.39. The Hall–Kier alpha value is -3.07. The Morgan fingerprint density at radius 3 is 2.28 bits per heavy atom. The highest BCUT2D eigenvalue weighted by molar-refractivity contribution is 9.10. The van der Waals surface area contributed by atoms with Crippen LogP contribution in [0.2, 0.25) is 0 Å². The molecule has 0 spiro atoms. The second-order valence-corrected chi connectivity index (χ2v) is 7.69. The lowest BCUT2D eigenvalue weighted by Gasteiger charge is -2.35. The molecule has 0 saturated carbocycles. The molecule has 7 nitrogen and oxygen atoms in total. The van der Waals surface area contributed by atoms with Crippen LogP contribution in [0.1, 0.15) is 0 Å². The van der Waals surface area contributed by atoms with Crippen LogP contribution >= 0.6 is 15.9 Å². The van der Waals surface area contributed by atoms with Crippen molar-refractivity contribution in [2.24, 2.45) is 0 Å². The molecule has 1 aliphatic rings. The third kappa shape index (κ3) is 3.42. The van der Waals surface area contributed by atoms with Gasteiger partial charge >= 0.3 is 0 Å². The Bertz CT molecular complexity index is 1150. The smallest absolute Gasteiger partial charge is 0.188 e. The zero-order chi connectivity index (χ0) is 19.8. The van der Waals surface area contributed by atoms with Crippen LogP contribution in [0.25, 0.3) is 17.0 Å². The van der Waals surface area contributed by atoms with Crippen molar-refractivity contribution >= 4 is 33.2 Å². The average molecular weight is 454 g/mol. The number of pyridine rings is 1. The molecule has 9 heteroatoms. The number of anilines is 2. The van der Waals surface area contributed by atoms with Crippen LogP contribution in [0.15, 0.2) is 59.2 Å². The van der Waals surface area contributed by atoms with Crippen molar-refractivity contribution in [3.8, 4) is 11.4 Å². The molecule has 1 aromatic carbocycles. The van der Waals surface area contributed by atoms with E-state index in [0.29, 0.717) is 17.0 Å². The standard InChI is InChI=1S/C20H17BrFN7/c21-14-5-6-17(23-13-14)27-9-11-28(12-10-27)19-8-7-18-24-25-20(29(18)26-19)15-3-1-2-4-16(15)22/h1-8,13H,9-12H2. The maximum atomic E-state index is 14.2. The first-order chi connectivity index (χ1) is 14.2. The van der Waals surface area contributed by atoms with E-state index in [1.54, 1.807) is 22.7 Å². The highest BCUT2D eigenvalue weighted by atomic mass is 79.9. The van der Waals surface area contributed by atoms with Crippen molar-refractivity contribution in [3.05, 3.63) is 65.0 Å². The molecule has 0 aliphatic carbocycles. The van der Waals surface area contributed by atoms with Gasteiger partial charge in [0.05, 0.1) is 5.56 Å². The SMILES string of the molecule is Fc1ccccc1-c1nnc2ccc(N3CCN(c4ccc(Br)cn4)CC3)nn12. The molecule has 0 bridgehead atoms. The fourth-order valence-corrected chi connectivity index (χ4v) is 3.71. The quantitative estimate of drug-likeness (QED) is 0.473. The van der Waals surface area contributed by atoms with Gasteiger partial charge in [0.25, 0.3) is 0 Å². The summed E-state index contributed by atoms with van der Waals surface area (Å²) in [4.78, 5) is 8.94. The molecule has 0 radical (unpaired) electrons. The van der Waals surface area contributed by atoms with Gasteiger partial charge in [-0.05, 0) is 52.3 Å². The first kappa shape index (κ1) is 18.0. The van der Waals surface area contributed by atoms with Crippen molar-refractivity contribution in [2.45, 2.75) is 0 Å². The Kier molecular flexibility index (Phi) is 4.59. The fraction of sp³-hybridized carbons (Fsp3) is 0.200. The summed E-state index contributed by atoms with van der Waals surface area (Å²) >= 11 is 3.42. The van der Waals surface area contributed by atoms with Crippen molar-refractivity contribution in [3.63, 3.8) is 0 Å². The lowest BCUT2D eigenvalue weighted by molar-refractivity contribution is 0.627. The molecule has 5 rings (SSSR count). The first-order valence-corrected chi connectivity index (χ1v) is 10.1. The highest BCUT2D eigenvalue weighted by Crippen LogP contribution is 2.23. The van der Waals surface area contributed by atoms with Crippen LogP contribution in [-0.4, -0.2) is 51.0 Å². The van der Waals surface area contributed by atoms with E-state index >= 15 is 0 Å². The van der Waals surface area contributed by atoms with E-state index in [9.17, 15) is 4.39 Å². The Labute approximate surface area is 174 Å². The molecule has 3 aromatic heterocycles. The summed E-state index contributed by atoms with van der Waals surface area (Å²) in [6.07, 6.45) is 1.81. The largest absolute Gasteiger partial charge is 0.353 e. The molecule has 0 amide bonds. The molecule has 0 atom stereocenters. The van der Waals surface area contributed by atoms with Crippen molar-refractivity contribution in [2.75, 3.05) is 36.0 Å².